The van der Waals surface area contributed by atoms with Gasteiger partial charge in [-0.05, 0) is 60.2 Å². The molecule has 9 heteroatoms. The van der Waals surface area contributed by atoms with Crippen LogP contribution in [0.1, 0.15) is 62.1 Å². The molecule has 2 aromatic rings. The molecule has 214 valence electrons. The Hall–Kier alpha value is -3.62. The van der Waals surface area contributed by atoms with Crippen molar-refractivity contribution in [3.8, 4) is 23.0 Å². The Morgan fingerprint density at radius 1 is 0.923 bits per heavy atom. The van der Waals surface area contributed by atoms with Crippen molar-refractivity contribution in [2.24, 2.45) is 0 Å². The van der Waals surface area contributed by atoms with E-state index in [1.807, 2.05) is 30.3 Å². The summed E-state index contributed by atoms with van der Waals surface area (Å²) in [5.74, 6) is 3.18. The van der Waals surface area contributed by atoms with Crippen LogP contribution in [0.15, 0.2) is 42.4 Å². The van der Waals surface area contributed by atoms with Crippen molar-refractivity contribution in [2.75, 3.05) is 35.0 Å². The van der Waals surface area contributed by atoms with Crippen LogP contribution in [0, 0.1) is 10.1 Å². The molecule has 9 nitrogen and oxygen atoms in total. The highest BCUT2D eigenvalue weighted by Gasteiger charge is 2.31. The molecule has 0 saturated carbocycles. The van der Waals surface area contributed by atoms with E-state index in [-0.39, 0.29) is 11.0 Å². The fourth-order valence-electron chi connectivity index (χ4n) is 5.16. The van der Waals surface area contributed by atoms with Crippen LogP contribution in [0.25, 0.3) is 0 Å². The highest BCUT2D eigenvalue weighted by Crippen LogP contribution is 2.37. The highest BCUT2D eigenvalue weighted by atomic mass is 16.6. The lowest BCUT2D eigenvalue weighted by molar-refractivity contribution is -0.405. The number of benzene rings is 2. The first-order chi connectivity index (χ1) is 18.9. The summed E-state index contributed by atoms with van der Waals surface area (Å²) in [5.41, 5.74) is 3.26. The molecule has 1 atom stereocenters. The third-order valence-electron chi connectivity index (χ3n) is 7.24. The standard InChI is InChI=1S/C30H43N3O6/c1-6-7-8-9-10-11-14-31-30(21-33(34)35)32-20-24-19-29(39-5)28(38-4)18-23(24)17-25(32)15-22-12-13-26(36-2)27(16-22)37-3/h12-13,16,18-19,21,25,31H,6-11,14-15,17,20H2,1-5H3/b30-21-. The van der Waals surface area contributed by atoms with Gasteiger partial charge in [0.25, 0.3) is 6.20 Å². The molecule has 1 aliphatic rings. The summed E-state index contributed by atoms with van der Waals surface area (Å²) in [4.78, 5) is 13.4. The third kappa shape index (κ3) is 8.18. The van der Waals surface area contributed by atoms with Gasteiger partial charge in [0.2, 0.25) is 0 Å². The summed E-state index contributed by atoms with van der Waals surface area (Å²) in [7, 11) is 6.48. The first-order valence-electron chi connectivity index (χ1n) is 13.7. The average Bonchev–Trinajstić information content (AvgIpc) is 2.94. The molecule has 0 fully saturated rings. The van der Waals surface area contributed by atoms with Crippen molar-refractivity contribution in [3.05, 3.63) is 69.2 Å². The van der Waals surface area contributed by atoms with Crippen molar-refractivity contribution in [1.29, 1.82) is 0 Å². The van der Waals surface area contributed by atoms with E-state index in [0.29, 0.717) is 54.8 Å². The Morgan fingerprint density at radius 3 is 2.18 bits per heavy atom. The number of nitro groups is 1. The van der Waals surface area contributed by atoms with Gasteiger partial charge >= 0.3 is 0 Å². The van der Waals surface area contributed by atoms with Crippen LogP contribution in [-0.2, 0) is 19.4 Å². The number of ether oxygens (including phenoxy) is 4. The van der Waals surface area contributed by atoms with Crippen LogP contribution >= 0.6 is 0 Å². The van der Waals surface area contributed by atoms with Crippen LogP contribution in [0.5, 0.6) is 23.0 Å². The zero-order valence-corrected chi connectivity index (χ0v) is 24.0. The minimum absolute atomic E-state index is 0.0306. The molecular formula is C30H43N3O6. The Labute approximate surface area is 232 Å². The fourth-order valence-corrected chi connectivity index (χ4v) is 5.16. The fraction of sp³-hybridized carbons (Fsp3) is 0.533. The lowest BCUT2D eigenvalue weighted by Gasteiger charge is -2.39. The van der Waals surface area contributed by atoms with Gasteiger partial charge in [-0.3, -0.25) is 10.1 Å². The number of nitrogens with zero attached hydrogens (tertiary/aromatic N) is 2. The first-order valence-corrected chi connectivity index (χ1v) is 13.7. The van der Waals surface area contributed by atoms with E-state index in [0.717, 1.165) is 35.7 Å². The van der Waals surface area contributed by atoms with Crippen molar-refractivity contribution < 1.29 is 23.9 Å². The van der Waals surface area contributed by atoms with E-state index in [2.05, 4.69) is 17.1 Å². The van der Waals surface area contributed by atoms with Crippen LogP contribution in [0.4, 0.5) is 0 Å². The van der Waals surface area contributed by atoms with Crippen LogP contribution in [0.2, 0.25) is 0 Å². The number of hydrogen-bond acceptors (Lipinski definition) is 8. The van der Waals surface area contributed by atoms with Crippen LogP contribution < -0.4 is 24.3 Å². The lowest BCUT2D eigenvalue weighted by atomic mass is 9.89. The Morgan fingerprint density at radius 2 is 1.54 bits per heavy atom. The number of methoxy groups -OCH3 is 4. The van der Waals surface area contributed by atoms with Crippen molar-refractivity contribution in [3.63, 3.8) is 0 Å². The number of unbranched alkanes of at least 4 members (excludes halogenated alkanes) is 5. The van der Waals surface area contributed by atoms with Crippen molar-refractivity contribution in [1.82, 2.24) is 10.2 Å². The SMILES string of the molecule is CCCCCCCCN/C(=C/[N+](=O)[O-])N1Cc2cc(OC)c(OC)cc2CC1Cc1ccc(OC)c(OC)c1. The van der Waals surface area contributed by atoms with Gasteiger partial charge in [0.05, 0.1) is 33.4 Å². The van der Waals surface area contributed by atoms with E-state index >= 15 is 0 Å². The maximum absolute atomic E-state index is 11.7. The quantitative estimate of drug-likeness (QED) is 0.164. The van der Waals surface area contributed by atoms with Gasteiger partial charge in [-0.15, -0.1) is 0 Å². The molecule has 0 amide bonds. The van der Waals surface area contributed by atoms with Gasteiger partial charge in [0.1, 0.15) is 0 Å². The molecule has 1 N–H and O–H groups in total. The van der Waals surface area contributed by atoms with Gasteiger partial charge in [-0.1, -0.05) is 45.1 Å². The zero-order chi connectivity index (χ0) is 28.2. The minimum atomic E-state index is -0.374. The highest BCUT2D eigenvalue weighted by molar-refractivity contribution is 5.49. The third-order valence-corrected chi connectivity index (χ3v) is 7.24. The second-order valence-electron chi connectivity index (χ2n) is 9.85. The minimum Gasteiger partial charge on any atom is -0.493 e. The summed E-state index contributed by atoms with van der Waals surface area (Å²) >= 11 is 0. The van der Waals surface area contributed by atoms with E-state index in [9.17, 15) is 10.1 Å². The summed E-state index contributed by atoms with van der Waals surface area (Å²) in [6.45, 7) is 3.40. The second-order valence-corrected chi connectivity index (χ2v) is 9.85. The molecule has 39 heavy (non-hydrogen) atoms. The predicted octanol–water partition coefficient (Wildman–Crippen LogP) is 5.72. The predicted molar refractivity (Wildman–Crippen MR) is 152 cm³/mol. The van der Waals surface area contributed by atoms with Gasteiger partial charge in [0.15, 0.2) is 28.8 Å². The normalized spacial score (nSPS) is 14.9. The molecule has 0 radical (unpaired) electrons. The first kappa shape index (κ1) is 29.9. The summed E-state index contributed by atoms with van der Waals surface area (Å²) in [6, 6.07) is 9.86. The van der Waals surface area contributed by atoms with Gasteiger partial charge < -0.3 is 29.2 Å². The largest absolute Gasteiger partial charge is 0.493 e. The number of nitrogens with one attached hydrogen (secondary N) is 1. The van der Waals surface area contributed by atoms with Gasteiger partial charge in [0, 0.05) is 19.1 Å². The van der Waals surface area contributed by atoms with E-state index in [4.69, 9.17) is 18.9 Å². The number of fused-ring (bicyclic) bond motifs is 1. The monoisotopic (exact) mass is 541 g/mol. The van der Waals surface area contributed by atoms with E-state index < -0.39 is 0 Å². The topological polar surface area (TPSA) is 95.3 Å². The maximum atomic E-state index is 11.7. The van der Waals surface area contributed by atoms with Crippen LogP contribution in [0.3, 0.4) is 0 Å². The summed E-state index contributed by atoms with van der Waals surface area (Å²) in [5, 5.41) is 15.1. The van der Waals surface area contributed by atoms with Crippen molar-refractivity contribution in [2.45, 2.75) is 70.9 Å². The molecule has 1 heterocycles. The molecule has 1 unspecified atom stereocenters. The molecular weight excluding hydrogens is 498 g/mol. The maximum Gasteiger partial charge on any atom is 0.274 e. The summed E-state index contributed by atoms with van der Waals surface area (Å²) in [6.07, 6.45) is 9.41. The molecule has 3 rings (SSSR count). The molecule has 2 aromatic carbocycles. The number of hydrogen-bond donors (Lipinski definition) is 1. The van der Waals surface area contributed by atoms with E-state index in [1.54, 1.807) is 28.4 Å². The van der Waals surface area contributed by atoms with Crippen molar-refractivity contribution >= 4 is 0 Å². The molecule has 0 spiro atoms. The molecule has 0 aliphatic carbocycles. The smallest absolute Gasteiger partial charge is 0.274 e. The zero-order valence-electron chi connectivity index (χ0n) is 24.0. The molecule has 0 aromatic heterocycles. The number of rotatable bonds is 16. The van der Waals surface area contributed by atoms with Gasteiger partial charge in [-0.25, -0.2) is 0 Å². The molecule has 0 bridgehead atoms. The Kier molecular flexibility index (Phi) is 11.6. The Balaban J connectivity index is 1.90. The average molecular weight is 542 g/mol. The van der Waals surface area contributed by atoms with Crippen LogP contribution in [-0.4, -0.2) is 50.8 Å². The summed E-state index contributed by atoms with van der Waals surface area (Å²) < 4.78 is 22.0. The molecule has 1 aliphatic heterocycles. The Bertz CT molecular complexity index is 1120. The van der Waals surface area contributed by atoms with Gasteiger partial charge in [-0.2, -0.15) is 0 Å². The molecule has 0 saturated heterocycles. The lowest BCUT2D eigenvalue weighted by Crippen LogP contribution is -2.45. The second kappa shape index (κ2) is 15.1. The van der Waals surface area contributed by atoms with E-state index in [1.165, 1.54) is 25.7 Å².